The van der Waals surface area contributed by atoms with Crippen LogP contribution >= 0.6 is 0 Å². The topological polar surface area (TPSA) is 92.5 Å². The third-order valence-electron chi connectivity index (χ3n) is 3.98. The zero-order chi connectivity index (χ0) is 16.3. The Balaban J connectivity index is 2.23. The van der Waals surface area contributed by atoms with Gasteiger partial charge in [0.1, 0.15) is 0 Å². The first-order valence-electron chi connectivity index (χ1n) is 7.44. The molecule has 0 radical (unpaired) electrons. The summed E-state index contributed by atoms with van der Waals surface area (Å²) in [5.41, 5.74) is 6.33. The number of sulfonamides is 1. The molecular weight excluding hydrogens is 302 g/mol. The van der Waals surface area contributed by atoms with Gasteiger partial charge in [0.25, 0.3) is 0 Å². The van der Waals surface area contributed by atoms with E-state index in [2.05, 4.69) is 12.2 Å². The Morgan fingerprint density at radius 1 is 1.36 bits per heavy atom. The molecule has 1 aliphatic rings. The third-order valence-corrected chi connectivity index (χ3v) is 5.94. The summed E-state index contributed by atoms with van der Waals surface area (Å²) in [6.07, 6.45) is 1.64. The number of amides is 1. The van der Waals surface area contributed by atoms with E-state index >= 15 is 0 Å². The summed E-state index contributed by atoms with van der Waals surface area (Å²) in [6, 6.07) is 6.08. The quantitative estimate of drug-likeness (QED) is 0.875. The van der Waals surface area contributed by atoms with Crippen molar-refractivity contribution in [1.29, 1.82) is 0 Å². The predicted octanol–water partition coefficient (Wildman–Crippen LogP) is 1.39. The van der Waals surface area contributed by atoms with Crippen molar-refractivity contribution in [2.75, 3.05) is 18.4 Å². The molecule has 2 rings (SSSR count). The van der Waals surface area contributed by atoms with Crippen molar-refractivity contribution in [2.24, 2.45) is 11.7 Å². The summed E-state index contributed by atoms with van der Waals surface area (Å²) >= 11 is 0. The van der Waals surface area contributed by atoms with Crippen LogP contribution in [-0.4, -0.2) is 37.8 Å². The largest absolute Gasteiger partial charge is 0.329 e. The minimum absolute atomic E-state index is 0.149. The summed E-state index contributed by atoms with van der Waals surface area (Å²) in [7, 11) is -3.55. The van der Waals surface area contributed by atoms with E-state index in [0.717, 1.165) is 12.8 Å². The average molecular weight is 325 g/mol. The van der Waals surface area contributed by atoms with E-state index in [1.54, 1.807) is 12.1 Å². The van der Waals surface area contributed by atoms with E-state index in [9.17, 15) is 13.2 Å². The fraction of sp³-hybridized carbons (Fsp3) is 0.533. The van der Waals surface area contributed by atoms with E-state index in [4.69, 9.17) is 5.73 Å². The first-order chi connectivity index (χ1) is 10.3. The Bertz CT molecular complexity index is 628. The summed E-state index contributed by atoms with van der Waals surface area (Å²) < 4.78 is 27.1. The molecule has 122 valence electrons. The highest BCUT2D eigenvalue weighted by atomic mass is 32.2. The number of benzene rings is 1. The molecule has 1 heterocycles. The Morgan fingerprint density at radius 2 is 2.00 bits per heavy atom. The summed E-state index contributed by atoms with van der Waals surface area (Å²) in [5, 5.41) is 2.62. The minimum Gasteiger partial charge on any atom is -0.329 e. The zero-order valence-corrected chi connectivity index (χ0v) is 13.8. The molecule has 3 N–H and O–H groups in total. The average Bonchev–Trinajstić information content (AvgIpc) is 2.46. The number of nitrogens with two attached hydrogens (primary N) is 1. The lowest BCUT2D eigenvalue weighted by molar-refractivity contribution is -0.114. The second-order valence-electron chi connectivity index (χ2n) is 5.84. The molecule has 1 aromatic carbocycles. The van der Waals surface area contributed by atoms with Crippen LogP contribution in [-0.2, 0) is 14.8 Å². The molecule has 6 nitrogen and oxygen atoms in total. The van der Waals surface area contributed by atoms with E-state index in [1.807, 2.05) is 0 Å². The van der Waals surface area contributed by atoms with Crippen molar-refractivity contribution < 1.29 is 13.2 Å². The molecule has 1 amide bonds. The highest BCUT2D eigenvalue weighted by molar-refractivity contribution is 7.89. The molecule has 1 saturated heterocycles. The van der Waals surface area contributed by atoms with E-state index in [-0.39, 0.29) is 16.8 Å². The Labute approximate surface area is 131 Å². The number of nitrogens with one attached hydrogen (secondary N) is 1. The first kappa shape index (κ1) is 16.9. The summed E-state index contributed by atoms with van der Waals surface area (Å²) in [4.78, 5) is 11.2. The van der Waals surface area contributed by atoms with Gasteiger partial charge in [-0.3, -0.25) is 4.79 Å². The number of rotatable bonds is 4. The Hall–Kier alpha value is -1.44. The number of carbonyl (C=O) groups is 1. The lowest BCUT2D eigenvalue weighted by Crippen LogP contribution is -2.49. The lowest BCUT2D eigenvalue weighted by Gasteiger charge is -2.36. The van der Waals surface area contributed by atoms with Crippen molar-refractivity contribution in [2.45, 2.75) is 37.6 Å². The molecule has 22 heavy (non-hydrogen) atoms. The molecule has 7 heteroatoms. The van der Waals surface area contributed by atoms with E-state index < -0.39 is 10.0 Å². The maximum absolute atomic E-state index is 12.8. The number of nitrogens with zero attached hydrogens (tertiary/aromatic N) is 1. The van der Waals surface area contributed by atoms with Gasteiger partial charge in [-0.15, -0.1) is 0 Å². The molecule has 1 aromatic rings. The van der Waals surface area contributed by atoms with Crippen LogP contribution in [0.3, 0.4) is 0 Å². The molecule has 0 saturated carbocycles. The van der Waals surface area contributed by atoms with Crippen LogP contribution in [0.4, 0.5) is 5.69 Å². The fourth-order valence-corrected chi connectivity index (χ4v) is 4.47. The van der Waals surface area contributed by atoms with Gasteiger partial charge in [-0.05, 0) is 43.0 Å². The lowest BCUT2D eigenvalue weighted by atomic mass is 9.94. The van der Waals surface area contributed by atoms with Crippen LogP contribution in [0, 0.1) is 5.92 Å². The molecule has 2 unspecified atom stereocenters. The Morgan fingerprint density at radius 3 is 2.55 bits per heavy atom. The van der Waals surface area contributed by atoms with Gasteiger partial charge in [-0.1, -0.05) is 6.92 Å². The highest BCUT2D eigenvalue weighted by Crippen LogP contribution is 2.28. The molecule has 0 aliphatic carbocycles. The van der Waals surface area contributed by atoms with Crippen LogP contribution in [0.15, 0.2) is 29.2 Å². The SMILES string of the molecule is CC(=O)Nc1ccc(S(=O)(=O)N2CCC(C)CC2CN)cc1. The molecule has 0 spiro atoms. The van der Waals surface area contributed by atoms with Crippen molar-refractivity contribution in [3.63, 3.8) is 0 Å². The minimum atomic E-state index is -3.55. The number of piperidine rings is 1. The molecule has 0 bridgehead atoms. The molecule has 1 fully saturated rings. The van der Waals surface area contributed by atoms with Gasteiger partial charge in [0.2, 0.25) is 15.9 Å². The van der Waals surface area contributed by atoms with Crippen molar-refractivity contribution in [1.82, 2.24) is 4.31 Å². The predicted molar refractivity (Wildman–Crippen MR) is 85.9 cm³/mol. The standard InChI is InChI=1S/C15H23N3O3S/c1-11-7-8-18(14(9-11)10-16)22(20,21)15-5-3-13(4-6-15)17-12(2)19/h3-6,11,14H,7-10,16H2,1-2H3,(H,17,19). The molecule has 1 aliphatic heterocycles. The maximum atomic E-state index is 12.8. The smallest absolute Gasteiger partial charge is 0.243 e. The molecule has 2 atom stereocenters. The van der Waals surface area contributed by atoms with Gasteiger partial charge in [-0.25, -0.2) is 8.42 Å². The summed E-state index contributed by atoms with van der Waals surface area (Å²) in [5.74, 6) is 0.297. The third kappa shape index (κ3) is 3.66. The molecular formula is C15H23N3O3S. The van der Waals surface area contributed by atoms with Crippen LogP contribution in [0.2, 0.25) is 0 Å². The fourth-order valence-electron chi connectivity index (χ4n) is 2.81. The van der Waals surface area contributed by atoms with Gasteiger partial charge in [0.15, 0.2) is 0 Å². The van der Waals surface area contributed by atoms with Gasteiger partial charge < -0.3 is 11.1 Å². The zero-order valence-electron chi connectivity index (χ0n) is 13.0. The van der Waals surface area contributed by atoms with Crippen molar-refractivity contribution in [3.8, 4) is 0 Å². The van der Waals surface area contributed by atoms with Gasteiger partial charge >= 0.3 is 0 Å². The number of anilines is 1. The van der Waals surface area contributed by atoms with Crippen LogP contribution in [0.1, 0.15) is 26.7 Å². The number of hydrogen-bond donors (Lipinski definition) is 2. The van der Waals surface area contributed by atoms with Crippen molar-refractivity contribution in [3.05, 3.63) is 24.3 Å². The van der Waals surface area contributed by atoms with Gasteiger partial charge in [-0.2, -0.15) is 4.31 Å². The highest BCUT2D eigenvalue weighted by Gasteiger charge is 2.34. The maximum Gasteiger partial charge on any atom is 0.243 e. The van der Waals surface area contributed by atoms with Crippen LogP contribution < -0.4 is 11.1 Å². The second kappa shape index (κ2) is 6.76. The number of hydrogen-bond acceptors (Lipinski definition) is 4. The summed E-state index contributed by atoms with van der Waals surface area (Å²) in [6.45, 7) is 4.35. The van der Waals surface area contributed by atoms with E-state index in [0.29, 0.717) is 24.7 Å². The van der Waals surface area contributed by atoms with Gasteiger partial charge in [0, 0.05) is 31.7 Å². The Kier molecular flexibility index (Phi) is 5.20. The van der Waals surface area contributed by atoms with E-state index in [1.165, 1.54) is 23.4 Å². The molecule has 0 aromatic heterocycles. The number of carbonyl (C=O) groups excluding carboxylic acids is 1. The monoisotopic (exact) mass is 325 g/mol. The van der Waals surface area contributed by atoms with Crippen LogP contribution in [0.25, 0.3) is 0 Å². The van der Waals surface area contributed by atoms with Crippen molar-refractivity contribution >= 4 is 21.6 Å². The first-order valence-corrected chi connectivity index (χ1v) is 8.88. The second-order valence-corrected chi connectivity index (χ2v) is 7.73. The van der Waals surface area contributed by atoms with Gasteiger partial charge in [0.05, 0.1) is 4.90 Å². The van der Waals surface area contributed by atoms with Crippen LogP contribution in [0.5, 0.6) is 0 Å². The normalized spacial score (nSPS) is 23.2.